The van der Waals surface area contributed by atoms with Crippen LogP contribution >= 0.6 is 0 Å². The van der Waals surface area contributed by atoms with E-state index < -0.39 is 0 Å². The Kier molecular flexibility index (Phi) is 5.57. The number of anilines is 2. The lowest BCUT2D eigenvalue weighted by molar-refractivity contribution is 0.758. The minimum atomic E-state index is 0.349. The Bertz CT molecular complexity index is 790. The van der Waals surface area contributed by atoms with Crippen LogP contribution in [0.2, 0.25) is 0 Å². The molecule has 2 aromatic heterocycles. The molecule has 0 fully saturated rings. The van der Waals surface area contributed by atoms with Crippen molar-refractivity contribution in [1.82, 2.24) is 15.0 Å². The maximum absolute atomic E-state index is 4.66. The predicted octanol–water partition coefficient (Wildman–Crippen LogP) is 4.36. The Morgan fingerprint density at radius 3 is 2.52 bits per heavy atom. The number of hydrogen-bond acceptors (Lipinski definition) is 5. The SMILES string of the molecule is CCC(C)Nc1cc(-c2ccccc2)nc(NCc2ccccn2)n1. The van der Waals surface area contributed by atoms with Crippen LogP contribution in [-0.2, 0) is 6.54 Å². The Balaban J connectivity index is 1.86. The zero-order chi connectivity index (χ0) is 17.5. The second-order valence-corrected chi connectivity index (χ2v) is 5.96. The maximum atomic E-state index is 4.66. The van der Waals surface area contributed by atoms with Crippen molar-refractivity contribution >= 4 is 11.8 Å². The Hall–Kier alpha value is -2.95. The summed E-state index contributed by atoms with van der Waals surface area (Å²) < 4.78 is 0. The average Bonchev–Trinajstić information content (AvgIpc) is 2.67. The topological polar surface area (TPSA) is 62.7 Å². The Morgan fingerprint density at radius 1 is 1.00 bits per heavy atom. The van der Waals surface area contributed by atoms with Gasteiger partial charge in [0, 0.05) is 23.9 Å². The van der Waals surface area contributed by atoms with Gasteiger partial charge >= 0.3 is 0 Å². The van der Waals surface area contributed by atoms with Crippen LogP contribution in [0.4, 0.5) is 11.8 Å². The van der Waals surface area contributed by atoms with Crippen LogP contribution in [0, 0.1) is 0 Å². The Labute approximate surface area is 148 Å². The molecule has 0 aliphatic carbocycles. The highest BCUT2D eigenvalue weighted by molar-refractivity contribution is 5.64. The molecule has 0 radical (unpaired) electrons. The normalized spacial score (nSPS) is 11.8. The number of pyridine rings is 1. The van der Waals surface area contributed by atoms with E-state index in [1.807, 2.05) is 42.5 Å². The van der Waals surface area contributed by atoms with Crippen molar-refractivity contribution in [2.45, 2.75) is 32.9 Å². The molecule has 1 aromatic carbocycles. The van der Waals surface area contributed by atoms with Crippen LogP contribution in [0.25, 0.3) is 11.3 Å². The molecule has 0 aliphatic heterocycles. The third-order valence-electron chi connectivity index (χ3n) is 3.96. The molecule has 2 heterocycles. The fraction of sp³-hybridized carbons (Fsp3) is 0.250. The molecule has 128 valence electrons. The largest absolute Gasteiger partial charge is 0.367 e. The maximum Gasteiger partial charge on any atom is 0.225 e. The van der Waals surface area contributed by atoms with Crippen molar-refractivity contribution in [2.24, 2.45) is 0 Å². The number of nitrogens with one attached hydrogen (secondary N) is 2. The highest BCUT2D eigenvalue weighted by Gasteiger charge is 2.08. The highest BCUT2D eigenvalue weighted by Crippen LogP contribution is 2.22. The lowest BCUT2D eigenvalue weighted by Crippen LogP contribution is -2.16. The fourth-order valence-corrected chi connectivity index (χ4v) is 2.38. The molecular weight excluding hydrogens is 310 g/mol. The third kappa shape index (κ3) is 4.76. The van der Waals surface area contributed by atoms with E-state index in [0.29, 0.717) is 18.5 Å². The van der Waals surface area contributed by atoms with Crippen molar-refractivity contribution in [3.8, 4) is 11.3 Å². The summed E-state index contributed by atoms with van der Waals surface area (Å²) in [5.41, 5.74) is 2.91. The van der Waals surface area contributed by atoms with Crippen molar-refractivity contribution in [3.63, 3.8) is 0 Å². The summed E-state index contributed by atoms with van der Waals surface area (Å²) in [7, 11) is 0. The number of aromatic nitrogens is 3. The minimum Gasteiger partial charge on any atom is -0.367 e. The molecular formula is C20H23N5. The monoisotopic (exact) mass is 333 g/mol. The lowest BCUT2D eigenvalue weighted by Gasteiger charge is -2.15. The number of benzene rings is 1. The molecule has 0 bridgehead atoms. The Morgan fingerprint density at radius 2 is 1.80 bits per heavy atom. The lowest BCUT2D eigenvalue weighted by atomic mass is 10.1. The van der Waals surface area contributed by atoms with E-state index in [9.17, 15) is 0 Å². The van der Waals surface area contributed by atoms with Gasteiger partial charge in [0.15, 0.2) is 0 Å². The number of hydrogen-bond donors (Lipinski definition) is 2. The van der Waals surface area contributed by atoms with Gasteiger partial charge in [-0.2, -0.15) is 4.98 Å². The summed E-state index contributed by atoms with van der Waals surface area (Å²) in [4.78, 5) is 13.6. The first-order valence-electron chi connectivity index (χ1n) is 8.59. The second-order valence-electron chi connectivity index (χ2n) is 5.96. The van der Waals surface area contributed by atoms with Gasteiger partial charge in [0.2, 0.25) is 5.95 Å². The quantitative estimate of drug-likeness (QED) is 0.672. The first kappa shape index (κ1) is 16.9. The van der Waals surface area contributed by atoms with Crippen LogP contribution in [0.1, 0.15) is 26.0 Å². The summed E-state index contributed by atoms with van der Waals surface area (Å²) >= 11 is 0. The van der Waals surface area contributed by atoms with Crippen molar-refractivity contribution < 1.29 is 0 Å². The van der Waals surface area contributed by atoms with Gasteiger partial charge in [-0.3, -0.25) is 4.98 Å². The summed E-state index contributed by atoms with van der Waals surface area (Å²) in [6.45, 7) is 4.88. The number of nitrogens with zero attached hydrogens (tertiary/aromatic N) is 3. The molecule has 1 unspecified atom stereocenters. The van der Waals surface area contributed by atoms with Gasteiger partial charge in [-0.1, -0.05) is 43.3 Å². The van der Waals surface area contributed by atoms with Crippen molar-refractivity contribution in [1.29, 1.82) is 0 Å². The van der Waals surface area contributed by atoms with Crippen LogP contribution in [0.15, 0.2) is 60.8 Å². The molecule has 0 spiro atoms. The molecule has 3 rings (SSSR count). The molecule has 2 N–H and O–H groups in total. The first-order chi connectivity index (χ1) is 12.2. The standard InChI is InChI=1S/C20H23N5/c1-3-15(2)23-19-13-18(16-9-5-4-6-10-16)24-20(25-19)22-14-17-11-7-8-12-21-17/h4-13,15H,3,14H2,1-2H3,(H2,22,23,24,25). The van der Waals surface area contributed by atoms with Crippen molar-refractivity contribution in [2.75, 3.05) is 10.6 Å². The van der Waals surface area contributed by atoms with Crippen LogP contribution in [0.5, 0.6) is 0 Å². The molecule has 0 aliphatic rings. The molecule has 5 heteroatoms. The van der Waals surface area contributed by atoms with Gasteiger partial charge in [-0.05, 0) is 25.5 Å². The molecule has 0 amide bonds. The fourth-order valence-electron chi connectivity index (χ4n) is 2.38. The van der Waals surface area contributed by atoms with Gasteiger partial charge in [0.25, 0.3) is 0 Å². The van der Waals surface area contributed by atoms with Crippen LogP contribution in [0.3, 0.4) is 0 Å². The molecule has 0 saturated carbocycles. The van der Waals surface area contributed by atoms with Crippen LogP contribution < -0.4 is 10.6 Å². The summed E-state index contributed by atoms with van der Waals surface area (Å²) in [5.74, 6) is 1.42. The van der Waals surface area contributed by atoms with Gasteiger partial charge in [-0.25, -0.2) is 4.98 Å². The zero-order valence-electron chi connectivity index (χ0n) is 14.6. The molecule has 3 aromatic rings. The summed E-state index contributed by atoms with van der Waals surface area (Å²) in [6.07, 6.45) is 2.82. The van der Waals surface area contributed by atoms with Crippen molar-refractivity contribution in [3.05, 3.63) is 66.5 Å². The van der Waals surface area contributed by atoms with Gasteiger partial charge in [0.1, 0.15) is 5.82 Å². The average molecular weight is 333 g/mol. The predicted molar refractivity (Wildman–Crippen MR) is 102 cm³/mol. The van der Waals surface area contributed by atoms with E-state index in [2.05, 4.69) is 51.6 Å². The van der Waals surface area contributed by atoms with E-state index in [-0.39, 0.29) is 0 Å². The molecule has 0 saturated heterocycles. The zero-order valence-corrected chi connectivity index (χ0v) is 14.6. The smallest absolute Gasteiger partial charge is 0.225 e. The van der Waals surface area contributed by atoms with E-state index in [1.54, 1.807) is 6.20 Å². The highest BCUT2D eigenvalue weighted by atomic mass is 15.1. The summed E-state index contributed by atoms with van der Waals surface area (Å²) in [5, 5.41) is 6.71. The van der Waals surface area contributed by atoms with E-state index >= 15 is 0 Å². The van der Waals surface area contributed by atoms with E-state index in [4.69, 9.17) is 0 Å². The van der Waals surface area contributed by atoms with E-state index in [1.165, 1.54) is 0 Å². The van der Waals surface area contributed by atoms with Gasteiger partial charge in [-0.15, -0.1) is 0 Å². The molecule has 25 heavy (non-hydrogen) atoms. The first-order valence-corrected chi connectivity index (χ1v) is 8.59. The van der Waals surface area contributed by atoms with Crippen LogP contribution in [-0.4, -0.2) is 21.0 Å². The third-order valence-corrected chi connectivity index (χ3v) is 3.96. The number of rotatable bonds is 7. The summed E-state index contributed by atoms with van der Waals surface area (Å²) in [6, 6.07) is 18.3. The van der Waals surface area contributed by atoms with Gasteiger partial charge < -0.3 is 10.6 Å². The van der Waals surface area contributed by atoms with Gasteiger partial charge in [0.05, 0.1) is 17.9 Å². The molecule has 1 atom stereocenters. The van der Waals surface area contributed by atoms with E-state index in [0.717, 1.165) is 29.2 Å². The minimum absolute atomic E-state index is 0.349. The molecule has 5 nitrogen and oxygen atoms in total. The second kappa shape index (κ2) is 8.24.